The fourth-order valence-corrected chi connectivity index (χ4v) is 9.31. The Balaban J connectivity index is 3.01. The Morgan fingerprint density at radius 3 is 1.59 bits per heavy atom. The van der Waals surface area contributed by atoms with Gasteiger partial charge in [-0.1, -0.05) is 40.0 Å². The molecule has 0 heterocycles. The molecule has 0 N–H and O–H groups in total. The molecule has 5 atom stereocenters. The van der Waals surface area contributed by atoms with Gasteiger partial charge in [0.1, 0.15) is 0 Å². The SMILES string of the molecule is CCOP(=O)(CC1CC(OCCC(C)CCCC(C)C)C(CP(=O)(OCC)OCC)CC1OC)OCC. The molecule has 0 aromatic rings. The monoisotopic (exact) mass is 570 g/mol. The number of hydrogen-bond donors (Lipinski definition) is 0. The third kappa shape index (κ3) is 13.4. The summed E-state index contributed by atoms with van der Waals surface area (Å²) in [7, 11) is -4.84. The first kappa shape index (κ1) is 35.2. The van der Waals surface area contributed by atoms with Crippen LogP contribution in [0, 0.1) is 23.7 Å². The predicted octanol–water partition coefficient (Wildman–Crippen LogP) is 7.80. The van der Waals surface area contributed by atoms with E-state index in [1.54, 1.807) is 7.11 Å². The molecule has 0 radical (unpaired) electrons. The lowest BCUT2D eigenvalue weighted by Crippen LogP contribution is -2.44. The molecule has 222 valence electrons. The van der Waals surface area contributed by atoms with Gasteiger partial charge in [-0.3, -0.25) is 9.13 Å². The molecule has 0 aromatic heterocycles. The van der Waals surface area contributed by atoms with Gasteiger partial charge in [-0.2, -0.15) is 0 Å². The Morgan fingerprint density at radius 2 is 1.16 bits per heavy atom. The lowest BCUT2D eigenvalue weighted by molar-refractivity contribution is -0.0755. The first-order valence-electron chi connectivity index (χ1n) is 14.5. The Kier molecular flexibility index (Phi) is 17.7. The molecule has 10 heteroatoms. The Bertz CT molecular complexity index is 669. The number of methoxy groups -OCH3 is 1. The summed E-state index contributed by atoms with van der Waals surface area (Å²) < 4.78 is 61.6. The van der Waals surface area contributed by atoms with Gasteiger partial charge in [-0.05, 0) is 70.6 Å². The molecule has 1 rings (SSSR count). The highest BCUT2D eigenvalue weighted by Gasteiger charge is 2.44. The first-order valence-corrected chi connectivity index (χ1v) is 17.9. The summed E-state index contributed by atoms with van der Waals surface area (Å²) in [6.45, 7) is 16.0. The normalized spacial score (nSPS) is 24.0. The molecule has 5 unspecified atom stereocenters. The van der Waals surface area contributed by atoms with E-state index in [1.165, 1.54) is 19.3 Å². The molecule has 1 aliphatic rings. The second-order valence-corrected chi connectivity index (χ2v) is 14.9. The fourth-order valence-electron chi connectivity index (χ4n) is 5.25. The molecule has 1 aliphatic carbocycles. The topological polar surface area (TPSA) is 89.5 Å². The number of hydrogen-bond acceptors (Lipinski definition) is 8. The second-order valence-electron chi connectivity index (χ2n) is 10.7. The van der Waals surface area contributed by atoms with E-state index in [4.69, 9.17) is 27.6 Å². The van der Waals surface area contributed by atoms with Crippen LogP contribution in [0.1, 0.15) is 87.0 Å². The van der Waals surface area contributed by atoms with Crippen LogP contribution in [-0.4, -0.2) is 64.7 Å². The maximum Gasteiger partial charge on any atom is 0.331 e. The summed E-state index contributed by atoms with van der Waals surface area (Å²) in [5.74, 6) is 1.20. The summed E-state index contributed by atoms with van der Waals surface area (Å²) in [6, 6.07) is 0. The van der Waals surface area contributed by atoms with E-state index in [1.807, 2.05) is 27.7 Å². The smallest absolute Gasteiger partial charge is 0.331 e. The van der Waals surface area contributed by atoms with E-state index in [0.717, 1.165) is 12.3 Å². The largest absolute Gasteiger partial charge is 0.381 e. The lowest BCUT2D eigenvalue weighted by atomic mass is 9.79. The lowest BCUT2D eigenvalue weighted by Gasteiger charge is -2.42. The summed E-state index contributed by atoms with van der Waals surface area (Å²) in [5, 5.41) is 0. The van der Waals surface area contributed by atoms with Crippen LogP contribution in [0.25, 0.3) is 0 Å². The van der Waals surface area contributed by atoms with Gasteiger partial charge in [-0.25, -0.2) is 0 Å². The van der Waals surface area contributed by atoms with Crippen LogP contribution in [0.15, 0.2) is 0 Å². The molecule has 0 saturated heterocycles. The molecule has 0 amide bonds. The van der Waals surface area contributed by atoms with Crippen LogP contribution in [0.4, 0.5) is 0 Å². The van der Waals surface area contributed by atoms with Crippen LogP contribution in [0.5, 0.6) is 0 Å². The highest BCUT2D eigenvalue weighted by molar-refractivity contribution is 7.54. The van der Waals surface area contributed by atoms with Gasteiger partial charge in [-0.15, -0.1) is 0 Å². The zero-order valence-electron chi connectivity index (χ0n) is 24.8. The zero-order chi connectivity index (χ0) is 27.9. The molecule has 0 aliphatic heterocycles. The minimum absolute atomic E-state index is 0.0556. The van der Waals surface area contributed by atoms with Crippen LogP contribution in [0.2, 0.25) is 0 Å². The Labute approximate surface area is 227 Å². The molecule has 1 fully saturated rings. The van der Waals surface area contributed by atoms with Crippen molar-refractivity contribution in [2.24, 2.45) is 23.7 Å². The number of rotatable bonds is 21. The van der Waals surface area contributed by atoms with Crippen molar-refractivity contribution in [3.8, 4) is 0 Å². The predicted molar refractivity (Wildman–Crippen MR) is 151 cm³/mol. The average Bonchev–Trinajstić information content (AvgIpc) is 2.80. The van der Waals surface area contributed by atoms with E-state index in [0.29, 0.717) is 51.8 Å². The van der Waals surface area contributed by atoms with Gasteiger partial charge < -0.3 is 27.6 Å². The van der Waals surface area contributed by atoms with Crippen molar-refractivity contribution in [1.82, 2.24) is 0 Å². The van der Waals surface area contributed by atoms with Crippen molar-refractivity contribution in [3.63, 3.8) is 0 Å². The highest BCUT2D eigenvalue weighted by atomic mass is 31.2. The van der Waals surface area contributed by atoms with Crippen molar-refractivity contribution >= 4 is 15.2 Å². The minimum Gasteiger partial charge on any atom is -0.381 e. The van der Waals surface area contributed by atoms with E-state index in [2.05, 4.69) is 20.8 Å². The van der Waals surface area contributed by atoms with Crippen LogP contribution < -0.4 is 0 Å². The van der Waals surface area contributed by atoms with E-state index in [-0.39, 0.29) is 36.4 Å². The van der Waals surface area contributed by atoms with Crippen LogP contribution >= 0.6 is 15.2 Å². The third-order valence-corrected chi connectivity index (χ3v) is 11.5. The summed E-state index contributed by atoms with van der Waals surface area (Å²) in [5.41, 5.74) is 0. The Morgan fingerprint density at radius 1 is 0.703 bits per heavy atom. The van der Waals surface area contributed by atoms with Crippen molar-refractivity contribution in [1.29, 1.82) is 0 Å². The summed E-state index contributed by atoms with van der Waals surface area (Å²) in [6.07, 6.45) is 6.13. The first-order chi connectivity index (χ1) is 17.5. The fraction of sp³-hybridized carbons (Fsp3) is 1.00. The minimum atomic E-state index is -3.26. The van der Waals surface area contributed by atoms with Crippen molar-refractivity contribution in [2.75, 3.05) is 52.5 Å². The Hall–Kier alpha value is 0.220. The molecule has 0 spiro atoms. The van der Waals surface area contributed by atoms with Gasteiger partial charge >= 0.3 is 15.2 Å². The van der Waals surface area contributed by atoms with Gasteiger partial charge in [0.05, 0.1) is 51.0 Å². The van der Waals surface area contributed by atoms with Crippen LogP contribution in [-0.2, 0) is 36.7 Å². The molecule has 0 aromatic carbocycles. The molecule has 1 saturated carbocycles. The van der Waals surface area contributed by atoms with Crippen molar-refractivity contribution < 1.29 is 36.7 Å². The van der Waals surface area contributed by atoms with E-state index in [9.17, 15) is 9.13 Å². The van der Waals surface area contributed by atoms with Crippen molar-refractivity contribution in [2.45, 2.75) is 99.2 Å². The summed E-state index contributed by atoms with van der Waals surface area (Å²) >= 11 is 0. The molecule has 0 bridgehead atoms. The standard InChI is InChI=1S/C27H56O8P2/c1-9-32-36(28,33-10-2)20-24-19-27(31-17-16-23(7)15-13-14-22(5)6)25(18-26(24)30-8)21-37(29,34-11-3)35-12-4/h22-27H,9-21H2,1-8H3. The molecular formula is C27H56O8P2. The zero-order valence-corrected chi connectivity index (χ0v) is 26.6. The second kappa shape index (κ2) is 18.5. The molecule has 37 heavy (non-hydrogen) atoms. The van der Waals surface area contributed by atoms with Gasteiger partial charge in [0.15, 0.2) is 0 Å². The highest BCUT2D eigenvalue weighted by Crippen LogP contribution is 2.55. The third-order valence-electron chi connectivity index (χ3n) is 7.06. The maximum atomic E-state index is 13.4. The van der Waals surface area contributed by atoms with Crippen LogP contribution in [0.3, 0.4) is 0 Å². The van der Waals surface area contributed by atoms with Gasteiger partial charge in [0, 0.05) is 13.7 Å². The van der Waals surface area contributed by atoms with E-state index < -0.39 is 15.2 Å². The van der Waals surface area contributed by atoms with Gasteiger partial charge in [0.2, 0.25) is 0 Å². The van der Waals surface area contributed by atoms with E-state index >= 15 is 0 Å². The maximum absolute atomic E-state index is 13.4. The quantitative estimate of drug-likeness (QED) is 0.129. The molecular weight excluding hydrogens is 514 g/mol. The van der Waals surface area contributed by atoms with Crippen molar-refractivity contribution in [3.05, 3.63) is 0 Å². The molecule has 8 nitrogen and oxygen atoms in total. The van der Waals surface area contributed by atoms with Gasteiger partial charge in [0.25, 0.3) is 0 Å². The number of ether oxygens (including phenoxy) is 2. The average molecular weight is 571 g/mol. The summed E-state index contributed by atoms with van der Waals surface area (Å²) in [4.78, 5) is 0.